The first kappa shape index (κ1) is 18.4. The lowest BCUT2D eigenvalue weighted by Crippen LogP contribution is -2.39. The van der Waals surface area contributed by atoms with E-state index in [2.05, 4.69) is 10.3 Å². The summed E-state index contributed by atoms with van der Waals surface area (Å²) in [5.74, 6) is 1.47. The van der Waals surface area contributed by atoms with Gasteiger partial charge in [0.1, 0.15) is 5.82 Å². The number of aromatic amines is 1. The molecule has 2 fully saturated rings. The number of aromatic nitrogens is 2. The molecule has 1 saturated carbocycles. The number of benzene rings is 1. The SMILES string of the molecule is Cc1cc(NC(=O)C2CC2)sc1C(=O)N1CCCC(c2nc3ccccc3[nH]2)C1. The van der Waals surface area contributed by atoms with E-state index in [1.807, 2.05) is 42.2 Å². The van der Waals surface area contributed by atoms with Crippen molar-refractivity contribution < 1.29 is 9.59 Å². The summed E-state index contributed by atoms with van der Waals surface area (Å²) in [6, 6.07) is 9.94. The molecule has 150 valence electrons. The number of imidazole rings is 1. The van der Waals surface area contributed by atoms with Gasteiger partial charge in [-0.15, -0.1) is 11.3 Å². The van der Waals surface area contributed by atoms with Gasteiger partial charge in [0.15, 0.2) is 0 Å². The van der Waals surface area contributed by atoms with Crippen LogP contribution in [-0.2, 0) is 4.79 Å². The molecule has 0 spiro atoms. The number of amides is 2. The number of nitrogens with one attached hydrogen (secondary N) is 2. The Kier molecular flexibility index (Phi) is 4.62. The summed E-state index contributed by atoms with van der Waals surface area (Å²) in [6.07, 6.45) is 3.93. The van der Waals surface area contributed by atoms with Crippen molar-refractivity contribution in [1.29, 1.82) is 0 Å². The number of carbonyl (C=O) groups excluding carboxylic acids is 2. The van der Waals surface area contributed by atoms with Gasteiger partial charge in [0.05, 0.1) is 20.9 Å². The molecule has 2 amide bonds. The number of anilines is 1. The maximum absolute atomic E-state index is 13.2. The molecule has 1 aliphatic heterocycles. The first-order chi connectivity index (χ1) is 14.1. The maximum Gasteiger partial charge on any atom is 0.264 e. The third kappa shape index (κ3) is 3.67. The minimum absolute atomic E-state index is 0.0558. The summed E-state index contributed by atoms with van der Waals surface area (Å²) >= 11 is 1.39. The minimum atomic E-state index is 0.0558. The first-order valence-corrected chi connectivity index (χ1v) is 11.1. The van der Waals surface area contributed by atoms with Crippen LogP contribution in [0.15, 0.2) is 30.3 Å². The zero-order chi connectivity index (χ0) is 20.0. The normalized spacial score (nSPS) is 19.5. The Hall–Kier alpha value is -2.67. The van der Waals surface area contributed by atoms with Gasteiger partial charge in [0.25, 0.3) is 5.91 Å². The van der Waals surface area contributed by atoms with Gasteiger partial charge in [0.2, 0.25) is 5.91 Å². The number of thiophene rings is 1. The van der Waals surface area contributed by atoms with Gasteiger partial charge in [-0.3, -0.25) is 9.59 Å². The average molecular weight is 409 g/mol. The predicted molar refractivity (Wildman–Crippen MR) is 114 cm³/mol. The van der Waals surface area contributed by atoms with Crippen LogP contribution in [0.4, 0.5) is 5.00 Å². The summed E-state index contributed by atoms with van der Waals surface area (Å²) in [7, 11) is 0. The molecule has 6 nitrogen and oxygen atoms in total. The fourth-order valence-electron chi connectivity index (χ4n) is 4.02. The molecule has 1 atom stereocenters. The molecular formula is C22H24N4O2S. The molecule has 3 aromatic rings. The van der Waals surface area contributed by atoms with Crippen LogP contribution in [0.3, 0.4) is 0 Å². The summed E-state index contributed by atoms with van der Waals surface area (Å²) in [5, 5.41) is 3.74. The van der Waals surface area contributed by atoms with Gasteiger partial charge in [-0.2, -0.15) is 0 Å². The summed E-state index contributed by atoms with van der Waals surface area (Å²) in [5.41, 5.74) is 2.93. The number of likely N-dealkylation sites (tertiary alicyclic amines) is 1. The molecule has 1 aromatic carbocycles. The van der Waals surface area contributed by atoms with Crippen molar-refractivity contribution in [3.63, 3.8) is 0 Å². The first-order valence-electron chi connectivity index (χ1n) is 10.2. The topological polar surface area (TPSA) is 78.1 Å². The molecule has 7 heteroatoms. The largest absolute Gasteiger partial charge is 0.342 e. The standard InChI is InChI=1S/C22H24N4O2S/c1-13-11-18(25-21(27)14-8-9-14)29-19(13)22(28)26-10-4-5-15(12-26)20-23-16-6-2-3-7-17(16)24-20/h2-3,6-7,11,14-15H,4-5,8-10,12H2,1H3,(H,23,24)(H,25,27). The Morgan fingerprint density at radius 3 is 2.86 bits per heavy atom. The second-order valence-electron chi connectivity index (χ2n) is 8.12. The fourth-order valence-corrected chi connectivity index (χ4v) is 5.06. The van der Waals surface area contributed by atoms with Crippen LogP contribution in [0.2, 0.25) is 0 Å². The molecule has 2 aliphatic rings. The van der Waals surface area contributed by atoms with Gasteiger partial charge in [-0.25, -0.2) is 4.98 Å². The van der Waals surface area contributed by atoms with E-state index in [9.17, 15) is 9.59 Å². The number of nitrogens with zero attached hydrogens (tertiary/aromatic N) is 2. The monoisotopic (exact) mass is 408 g/mol. The molecule has 1 unspecified atom stereocenters. The summed E-state index contributed by atoms with van der Waals surface area (Å²) in [6.45, 7) is 3.37. The minimum Gasteiger partial charge on any atom is -0.342 e. The lowest BCUT2D eigenvalue weighted by Gasteiger charge is -2.31. The Balaban J connectivity index is 1.31. The Bertz CT molecular complexity index is 1050. The molecule has 5 rings (SSSR count). The number of carbonyl (C=O) groups is 2. The van der Waals surface area contributed by atoms with Crippen molar-refractivity contribution in [2.45, 2.75) is 38.5 Å². The van der Waals surface area contributed by atoms with E-state index in [1.54, 1.807) is 0 Å². The van der Waals surface area contributed by atoms with Crippen molar-refractivity contribution >= 4 is 39.2 Å². The van der Waals surface area contributed by atoms with Crippen molar-refractivity contribution in [1.82, 2.24) is 14.9 Å². The Morgan fingerprint density at radius 1 is 1.24 bits per heavy atom. The zero-order valence-electron chi connectivity index (χ0n) is 16.4. The van der Waals surface area contributed by atoms with E-state index in [4.69, 9.17) is 4.98 Å². The highest BCUT2D eigenvalue weighted by Crippen LogP contribution is 2.34. The van der Waals surface area contributed by atoms with Crippen LogP contribution in [0, 0.1) is 12.8 Å². The zero-order valence-corrected chi connectivity index (χ0v) is 17.2. The van der Waals surface area contributed by atoms with E-state index in [0.29, 0.717) is 6.54 Å². The van der Waals surface area contributed by atoms with Crippen molar-refractivity contribution in [3.8, 4) is 0 Å². The van der Waals surface area contributed by atoms with Crippen LogP contribution < -0.4 is 5.32 Å². The molecule has 29 heavy (non-hydrogen) atoms. The third-order valence-electron chi connectivity index (χ3n) is 5.81. The molecule has 3 heterocycles. The fraction of sp³-hybridized carbons (Fsp3) is 0.409. The predicted octanol–water partition coefficient (Wildman–Crippen LogP) is 4.30. The molecule has 2 N–H and O–H groups in total. The van der Waals surface area contributed by atoms with Crippen LogP contribution in [0.1, 0.15) is 52.7 Å². The lowest BCUT2D eigenvalue weighted by molar-refractivity contribution is -0.117. The van der Waals surface area contributed by atoms with Gasteiger partial charge >= 0.3 is 0 Å². The molecule has 1 saturated heterocycles. The number of aryl methyl sites for hydroxylation is 1. The van der Waals surface area contributed by atoms with Gasteiger partial charge < -0.3 is 15.2 Å². The highest BCUT2D eigenvalue weighted by molar-refractivity contribution is 7.18. The van der Waals surface area contributed by atoms with Crippen LogP contribution >= 0.6 is 11.3 Å². The van der Waals surface area contributed by atoms with Crippen LogP contribution in [0.5, 0.6) is 0 Å². The number of para-hydroxylation sites is 2. The van der Waals surface area contributed by atoms with E-state index < -0.39 is 0 Å². The summed E-state index contributed by atoms with van der Waals surface area (Å²) in [4.78, 5) is 36.1. The number of piperidine rings is 1. The van der Waals surface area contributed by atoms with Crippen LogP contribution in [0.25, 0.3) is 11.0 Å². The number of H-pyrrole nitrogens is 1. The highest BCUT2D eigenvalue weighted by Gasteiger charge is 2.31. The smallest absolute Gasteiger partial charge is 0.264 e. The number of hydrogen-bond donors (Lipinski definition) is 2. The van der Waals surface area contributed by atoms with Gasteiger partial charge in [-0.05, 0) is 56.4 Å². The van der Waals surface area contributed by atoms with E-state index in [0.717, 1.165) is 64.5 Å². The number of hydrogen-bond acceptors (Lipinski definition) is 4. The molecule has 2 aromatic heterocycles. The van der Waals surface area contributed by atoms with Gasteiger partial charge in [0, 0.05) is 24.9 Å². The average Bonchev–Trinajstić information content (AvgIpc) is 3.40. The van der Waals surface area contributed by atoms with Crippen LogP contribution in [-0.4, -0.2) is 39.8 Å². The maximum atomic E-state index is 13.2. The van der Waals surface area contributed by atoms with E-state index in [-0.39, 0.29) is 23.7 Å². The van der Waals surface area contributed by atoms with E-state index in [1.165, 1.54) is 11.3 Å². The molecule has 1 aliphatic carbocycles. The van der Waals surface area contributed by atoms with Gasteiger partial charge in [-0.1, -0.05) is 12.1 Å². The lowest BCUT2D eigenvalue weighted by atomic mass is 9.97. The summed E-state index contributed by atoms with van der Waals surface area (Å²) < 4.78 is 0. The van der Waals surface area contributed by atoms with Crippen molar-refractivity contribution in [2.24, 2.45) is 5.92 Å². The number of rotatable bonds is 4. The highest BCUT2D eigenvalue weighted by atomic mass is 32.1. The molecule has 0 bridgehead atoms. The molecular weight excluding hydrogens is 384 g/mol. The molecule has 0 radical (unpaired) electrons. The number of fused-ring (bicyclic) bond motifs is 1. The Morgan fingerprint density at radius 2 is 2.07 bits per heavy atom. The Labute approximate surface area is 173 Å². The second kappa shape index (κ2) is 7.30. The quantitative estimate of drug-likeness (QED) is 0.676. The van der Waals surface area contributed by atoms with Crippen molar-refractivity contribution in [2.75, 3.05) is 18.4 Å². The van der Waals surface area contributed by atoms with Crippen molar-refractivity contribution in [3.05, 3.63) is 46.6 Å². The van der Waals surface area contributed by atoms with E-state index >= 15 is 0 Å². The third-order valence-corrected chi connectivity index (χ3v) is 6.95. The second-order valence-corrected chi connectivity index (χ2v) is 9.17.